The maximum Gasteiger partial charge on any atom is 0.302 e. The first kappa shape index (κ1) is 32.2. The molecule has 1 unspecified atom stereocenters. The smallest absolute Gasteiger partial charge is 0.302 e. The van der Waals surface area contributed by atoms with Crippen molar-refractivity contribution in [2.45, 2.75) is 61.2 Å². The lowest BCUT2D eigenvalue weighted by molar-refractivity contribution is -0.312. The van der Waals surface area contributed by atoms with Gasteiger partial charge >= 0.3 is 5.97 Å². The van der Waals surface area contributed by atoms with Crippen LogP contribution in [0.4, 0.5) is 0 Å². The van der Waals surface area contributed by atoms with Crippen molar-refractivity contribution < 1.29 is 33.2 Å². The second-order valence-electron chi connectivity index (χ2n) is 9.57. The van der Waals surface area contributed by atoms with Gasteiger partial charge in [0.1, 0.15) is 31.0 Å². The first-order valence-corrected chi connectivity index (χ1v) is 14.4. The summed E-state index contributed by atoms with van der Waals surface area (Å²) in [7, 11) is 0. The average molecular weight is 637 g/mol. The molecule has 3 aromatic rings. The molecule has 224 valence electrons. The van der Waals surface area contributed by atoms with E-state index in [-0.39, 0.29) is 26.4 Å². The van der Waals surface area contributed by atoms with Gasteiger partial charge in [-0.15, -0.1) is 0 Å². The van der Waals surface area contributed by atoms with E-state index in [1.807, 2.05) is 91.0 Å². The summed E-state index contributed by atoms with van der Waals surface area (Å²) in [6, 6.07) is 28.7. The standard InChI is InChI=1S/C31H32Cl3NO7/c1-21(36)37-20-25-26(38-17-22-11-5-2-6-12-22)27(39-18-23-13-7-3-8-14-23)28(40-19-24-15-9-4-10-16-24)29(41-25)42-30(35)31(32,33)34/h2-16,25-29,35H,17-20H2,1H3/t25-,26+,27-,28-,29?/m0/s1. The molecule has 3 aromatic carbocycles. The van der Waals surface area contributed by atoms with Crippen molar-refractivity contribution in [3.8, 4) is 0 Å². The van der Waals surface area contributed by atoms with Gasteiger partial charge in [0.25, 0.3) is 3.79 Å². The second kappa shape index (κ2) is 15.7. The highest BCUT2D eigenvalue weighted by atomic mass is 35.6. The van der Waals surface area contributed by atoms with Crippen LogP contribution in [0.3, 0.4) is 0 Å². The van der Waals surface area contributed by atoms with Crippen molar-refractivity contribution in [1.82, 2.24) is 0 Å². The molecular formula is C31H32Cl3NO7. The van der Waals surface area contributed by atoms with Crippen LogP contribution in [0.5, 0.6) is 0 Å². The van der Waals surface area contributed by atoms with Gasteiger partial charge in [-0.2, -0.15) is 0 Å². The number of hydrogen-bond donors (Lipinski definition) is 1. The summed E-state index contributed by atoms with van der Waals surface area (Å²) in [4.78, 5) is 11.8. The van der Waals surface area contributed by atoms with Crippen molar-refractivity contribution in [2.24, 2.45) is 0 Å². The van der Waals surface area contributed by atoms with E-state index in [0.717, 1.165) is 16.7 Å². The first-order valence-electron chi connectivity index (χ1n) is 13.3. The number of carbonyl (C=O) groups is 1. The first-order chi connectivity index (χ1) is 20.2. The van der Waals surface area contributed by atoms with E-state index >= 15 is 0 Å². The molecule has 42 heavy (non-hydrogen) atoms. The van der Waals surface area contributed by atoms with E-state index in [1.165, 1.54) is 6.92 Å². The third-order valence-corrected chi connectivity index (χ3v) is 6.90. The summed E-state index contributed by atoms with van der Waals surface area (Å²) in [5, 5.41) is 8.23. The summed E-state index contributed by atoms with van der Waals surface area (Å²) in [6.45, 7) is 1.71. The molecule has 0 saturated carbocycles. The zero-order valence-corrected chi connectivity index (χ0v) is 25.1. The number of rotatable bonds is 12. The van der Waals surface area contributed by atoms with E-state index in [2.05, 4.69) is 0 Å². The monoisotopic (exact) mass is 635 g/mol. The van der Waals surface area contributed by atoms with E-state index in [1.54, 1.807) is 0 Å². The minimum absolute atomic E-state index is 0.168. The van der Waals surface area contributed by atoms with Crippen molar-refractivity contribution in [2.75, 3.05) is 6.61 Å². The van der Waals surface area contributed by atoms with E-state index in [4.69, 9.17) is 68.6 Å². The van der Waals surface area contributed by atoms with Crippen LogP contribution in [0.1, 0.15) is 23.6 Å². The Morgan fingerprint density at radius 3 is 1.60 bits per heavy atom. The Morgan fingerprint density at radius 1 is 0.738 bits per heavy atom. The Morgan fingerprint density at radius 2 is 1.17 bits per heavy atom. The molecule has 1 fully saturated rings. The van der Waals surface area contributed by atoms with Gasteiger partial charge in [0.05, 0.1) is 19.8 Å². The van der Waals surface area contributed by atoms with Crippen LogP contribution in [0, 0.1) is 5.41 Å². The highest BCUT2D eigenvalue weighted by Crippen LogP contribution is 2.34. The van der Waals surface area contributed by atoms with Gasteiger partial charge in [-0.3, -0.25) is 10.2 Å². The lowest BCUT2D eigenvalue weighted by Gasteiger charge is -2.45. The lowest BCUT2D eigenvalue weighted by atomic mass is 9.97. The van der Waals surface area contributed by atoms with Gasteiger partial charge in [-0.1, -0.05) is 126 Å². The molecule has 8 nitrogen and oxygen atoms in total. The highest BCUT2D eigenvalue weighted by Gasteiger charge is 2.51. The molecule has 0 radical (unpaired) electrons. The van der Waals surface area contributed by atoms with Crippen LogP contribution in [-0.4, -0.2) is 53.0 Å². The van der Waals surface area contributed by atoms with Gasteiger partial charge in [-0.05, 0) is 16.7 Å². The van der Waals surface area contributed by atoms with Crippen LogP contribution in [-0.2, 0) is 53.0 Å². The summed E-state index contributed by atoms with van der Waals surface area (Å²) >= 11 is 17.8. The van der Waals surface area contributed by atoms with E-state index in [9.17, 15) is 4.79 Å². The summed E-state index contributed by atoms with van der Waals surface area (Å²) < 4.78 is 34.4. The minimum Gasteiger partial charge on any atom is -0.463 e. The number of nitrogens with one attached hydrogen (secondary N) is 1. The zero-order chi connectivity index (χ0) is 30.0. The molecule has 1 heterocycles. The molecule has 1 N–H and O–H groups in total. The quantitative estimate of drug-likeness (QED) is 0.106. The fourth-order valence-electron chi connectivity index (χ4n) is 4.36. The maximum absolute atomic E-state index is 11.8. The normalized spacial score (nSPS) is 22.3. The molecule has 0 bridgehead atoms. The fraction of sp³-hybridized carbons (Fsp3) is 0.355. The Balaban J connectivity index is 1.68. The minimum atomic E-state index is -2.15. The molecule has 0 spiro atoms. The number of ether oxygens (including phenoxy) is 6. The molecular weight excluding hydrogens is 605 g/mol. The van der Waals surface area contributed by atoms with Gasteiger partial charge in [0.2, 0.25) is 12.2 Å². The summed E-state index contributed by atoms with van der Waals surface area (Å²) in [5.41, 5.74) is 2.72. The Hall–Kier alpha value is -2.69. The summed E-state index contributed by atoms with van der Waals surface area (Å²) in [5.74, 6) is -1.17. The molecule has 1 aliphatic heterocycles. The molecule has 5 atom stereocenters. The van der Waals surface area contributed by atoms with Crippen molar-refractivity contribution >= 4 is 46.7 Å². The second-order valence-corrected chi connectivity index (χ2v) is 11.9. The third-order valence-electron chi connectivity index (χ3n) is 6.39. The molecule has 0 aromatic heterocycles. The van der Waals surface area contributed by atoms with Crippen LogP contribution < -0.4 is 0 Å². The van der Waals surface area contributed by atoms with Crippen LogP contribution in [0.2, 0.25) is 0 Å². The topological polar surface area (TPSA) is 96.3 Å². The number of esters is 1. The predicted octanol–water partition coefficient (Wildman–Crippen LogP) is 6.39. The Kier molecular flexibility index (Phi) is 12.0. The molecule has 1 saturated heterocycles. The van der Waals surface area contributed by atoms with Gasteiger partial charge in [0, 0.05) is 6.92 Å². The maximum atomic E-state index is 11.8. The molecule has 0 amide bonds. The van der Waals surface area contributed by atoms with Gasteiger partial charge < -0.3 is 28.4 Å². The highest BCUT2D eigenvalue weighted by molar-refractivity contribution is 6.76. The number of alkyl halides is 3. The average Bonchev–Trinajstić information content (AvgIpc) is 2.98. The number of carbonyl (C=O) groups excluding carboxylic acids is 1. The number of benzene rings is 3. The van der Waals surface area contributed by atoms with Crippen LogP contribution in [0.25, 0.3) is 0 Å². The van der Waals surface area contributed by atoms with Crippen LogP contribution in [0.15, 0.2) is 91.0 Å². The predicted molar refractivity (Wildman–Crippen MR) is 159 cm³/mol. The molecule has 4 rings (SSSR count). The van der Waals surface area contributed by atoms with E-state index in [0.29, 0.717) is 0 Å². The molecule has 11 heteroatoms. The van der Waals surface area contributed by atoms with E-state index < -0.39 is 46.4 Å². The van der Waals surface area contributed by atoms with Crippen molar-refractivity contribution in [3.05, 3.63) is 108 Å². The zero-order valence-electron chi connectivity index (χ0n) is 22.9. The fourth-order valence-corrected chi connectivity index (χ4v) is 4.49. The van der Waals surface area contributed by atoms with Crippen molar-refractivity contribution in [3.63, 3.8) is 0 Å². The Labute approximate surface area is 260 Å². The third kappa shape index (κ3) is 9.67. The van der Waals surface area contributed by atoms with Crippen LogP contribution >= 0.6 is 34.8 Å². The SMILES string of the molecule is CC(=O)OC[C@@H]1OC(OC(=N)C(Cl)(Cl)Cl)[C@@H](OCc2ccccc2)[C@@H](OCc2ccccc2)[C@@H]1OCc1ccccc1. The molecule has 0 aliphatic carbocycles. The largest absolute Gasteiger partial charge is 0.463 e. The van der Waals surface area contributed by atoms with Gasteiger partial charge in [0.15, 0.2) is 0 Å². The number of halogens is 3. The molecule has 1 aliphatic rings. The van der Waals surface area contributed by atoms with Crippen molar-refractivity contribution in [1.29, 1.82) is 5.41 Å². The van der Waals surface area contributed by atoms with Gasteiger partial charge in [-0.25, -0.2) is 0 Å². The Bertz CT molecular complexity index is 1260. The lowest BCUT2D eigenvalue weighted by Crippen LogP contribution is -2.62. The number of hydrogen-bond acceptors (Lipinski definition) is 8. The summed E-state index contributed by atoms with van der Waals surface area (Å²) in [6.07, 6.45) is -4.69.